The third-order valence-corrected chi connectivity index (χ3v) is 3.89. The minimum atomic E-state index is -0.791. The third-order valence-electron chi connectivity index (χ3n) is 3.58. The van der Waals surface area contributed by atoms with E-state index in [4.69, 9.17) is 25.8 Å². The fourth-order valence-corrected chi connectivity index (χ4v) is 2.73. The highest BCUT2D eigenvalue weighted by Crippen LogP contribution is 2.37. The summed E-state index contributed by atoms with van der Waals surface area (Å²) in [7, 11) is 0. The molecular formula is C16H21ClO4. The maximum Gasteiger partial charge on any atom is 0.195 e. The van der Waals surface area contributed by atoms with Crippen LogP contribution in [-0.2, 0) is 4.74 Å². The molecule has 0 saturated carbocycles. The first-order valence-corrected chi connectivity index (χ1v) is 7.67. The summed E-state index contributed by atoms with van der Waals surface area (Å²) in [6.45, 7) is 7.18. The van der Waals surface area contributed by atoms with Gasteiger partial charge in [-0.25, -0.2) is 0 Å². The number of benzene rings is 1. The van der Waals surface area contributed by atoms with Crippen molar-refractivity contribution in [3.05, 3.63) is 22.7 Å². The van der Waals surface area contributed by atoms with Gasteiger partial charge >= 0.3 is 0 Å². The minimum absolute atomic E-state index is 0.103. The quantitative estimate of drug-likeness (QED) is 0.748. The summed E-state index contributed by atoms with van der Waals surface area (Å²) >= 11 is 6.26. The summed E-state index contributed by atoms with van der Waals surface area (Å²) < 4.78 is 16.7. The predicted molar refractivity (Wildman–Crippen MR) is 81.7 cm³/mol. The van der Waals surface area contributed by atoms with Gasteiger partial charge in [0, 0.05) is 18.2 Å². The van der Waals surface area contributed by atoms with Crippen molar-refractivity contribution in [2.45, 2.75) is 39.2 Å². The summed E-state index contributed by atoms with van der Waals surface area (Å²) in [4.78, 5) is 12.7. The standard InChI is InChI=1S/C16H21ClO4/c1-4-19-13-9-11(12(17)10-14(13)20-5-2)15(18)16(3)7-6-8-21-16/h9-10H,4-8H2,1-3H3. The smallest absolute Gasteiger partial charge is 0.195 e. The van der Waals surface area contributed by atoms with E-state index in [9.17, 15) is 4.79 Å². The van der Waals surface area contributed by atoms with Gasteiger partial charge in [-0.1, -0.05) is 11.6 Å². The second kappa shape index (κ2) is 6.67. The molecule has 0 spiro atoms. The lowest BCUT2D eigenvalue weighted by Gasteiger charge is -2.23. The number of Topliss-reactive ketones (excluding diaryl/α,β-unsaturated/α-hetero) is 1. The minimum Gasteiger partial charge on any atom is -0.490 e. The van der Waals surface area contributed by atoms with Crippen LogP contribution in [0.3, 0.4) is 0 Å². The molecule has 0 amide bonds. The molecule has 0 bridgehead atoms. The molecule has 0 aliphatic carbocycles. The van der Waals surface area contributed by atoms with Crippen molar-refractivity contribution in [3.8, 4) is 11.5 Å². The Morgan fingerprint density at radius 2 is 1.90 bits per heavy atom. The lowest BCUT2D eigenvalue weighted by Crippen LogP contribution is -2.34. The first-order valence-electron chi connectivity index (χ1n) is 7.29. The molecule has 4 nitrogen and oxygen atoms in total. The molecule has 1 aromatic carbocycles. The number of hydrogen-bond acceptors (Lipinski definition) is 4. The first-order chi connectivity index (χ1) is 10.0. The molecule has 1 aromatic rings. The van der Waals surface area contributed by atoms with Crippen LogP contribution in [0.5, 0.6) is 11.5 Å². The molecule has 116 valence electrons. The predicted octanol–water partition coefficient (Wildman–Crippen LogP) is 3.89. The molecule has 1 fully saturated rings. The molecule has 1 atom stereocenters. The summed E-state index contributed by atoms with van der Waals surface area (Å²) in [5.74, 6) is 0.987. The van der Waals surface area contributed by atoms with Crippen LogP contribution in [0.4, 0.5) is 0 Å². The van der Waals surface area contributed by atoms with Gasteiger partial charge in [-0.05, 0) is 39.7 Å². The number of carbonyl (C=O) groups excluding carboxylic acids is 1. The van der Waals surface area contributed by atoms with Crippen molar-refractivity contribution in [3.63, 3.8) is 0 Å². The Bertz CT molecular complexity index is 521. The van der Waals surface area contributed by atoms with Crippen molar-refractivity contribution in [1.82, 2.24) is 0 Å². The number of hydrogen-bond donors (Lipinski definition) is 0. The molecule has 2 rings (SSSR count). The normalized spacial score (nSPS) is 21.3. The molecule has 1 heterocycles. The van der Waals surface area contributed by atoms with E-state index < -0.39 is 5.60 Å². The van der Waals surface area contributed by atoms with E-state index in [1.54, 1.807) is 12.1 Å². The molecule has 0 N–H and O–H groups in total. The van der Waals surface area contributed by atoms with Crippen molar-refractivity contribution in [2.24, 2.45) is 0 Å². The van der Waals surface area contributed by atoms with Crippen LogP contribution in [0, 0.1) is 0 Å². The Labute approximate surface area is 130 Å². The zero-order valence-corrected chi connectivity index (χ0v) is 13.5. The van der Waals surface area contributed by atoms with Crippen LogP contribution >= 0.6 is 11.6 Å². The van der Waals surface area contributed by atoms with Crippen LogP contribution in [0.1, 0.15) is 44.0 Å². The number of ether oxygens (including phenoxy) is 3. The van der Waals surface area contributed by atoms with Crippen LogP contribution in [0.2, 0.25) is 5.02 Å². The van der Waals surface area contributed by atoms with E-state index in [1.165, 1.54) is 0 Å². The Morgan fingerprint density at radius 3 is 2.43 bits per heavy atom. The Balaban J connectivity index is 2.39. The second-order valence-corrected chi connectivity index (χ2v) is 5.56. The van der Waals surface area contributed by atoms with Crippen LogP contribution in [0.25, 0.3) is 0 Å². The average Bonchev–Trinajstić information content (AvgIpc) is 2.89. The Morgan fingerprint density at radius 1 is 1.29 bits per heavy atom. The van der Waals surface area contributed by atoms with Gasteiger partial charge in [0.1, 0.15) is 5.60 Å². The van der Waals surface area contributed by atoms with Gasteiger partial charge < -0.3 is 14.2 Å². The maximum atomic E-state index is 12.7. The maximum absolute atomic E-state index is 12.7. The van der Waals surface area contributed by atoms with E-state index in [0.717, 1.165) is 6.42 Å². The number of ketones is 1. The van der Waals surface area contributed by atoms with Gasteiger partial charge in [-0.15, -0.1) is 0 Å². The molecule has 1 aliphatic rings. The summed E-state index contributed by atoms with van der Waals surface area (Å²) in [5.41, 5.74) is -0.367. The SMILES string of the molecule is CCOc1cc(Cl)c(C(=O)C2(C)CCCO2)cc1OCC. The van der Waals surface area contributed by atoms with Crippen molar-refractivity contribution < 1.29 is 19.0 Å². The zero-order chi connectivity index (χ0) is 15.5. The van der Waals surface area contributed by atoms with Crippen molar-refractivity contribution >= 4 is 17.4 Å². The van der Waals surface area contributed by atoms with Gasteiger partial charge in [0.05, 0.1) is 18.2 Å². The molecule has 1 unspecified atom stereocenters. The van der Waals surface area contributed by atoms with E-state index >= 15 is 0 Å². The number of halogens is 1. The highest BCUT2D eigenvalue weighted by atomic mass is 35.5. The van der Waals surface area contributed by atoms with E-state index in [0.29, 0.717) is 48.3 Å². The Kier molecular flexibility index (Phi) is 5.12. The lowest BCUT2D eigenvalue weighted by molar-refractivity contribution is 0.0213. The summed E-state index contributed by atoms with van der Waals surface area (Å²) in [5, 5.41) is 0.364. The van der Waals surface area contributed by atoms with Gasteiger partial charge in [-0.2, -0.15) is 0 Å². The van der Waals surface area contributed by atoms with Crippen LogP contribution in [0.15, 0.2) is 12.1 Å². The molecule has 5 heteroatoms. The molecule has 21 heavy (non-hydrogen) atoms. The van der Waals surface area contributed by atoms with E-state index in [1.807, 2.05) is 20.8 Å². The molecule has 0 radical (unpaired) electrons. The molecule has 1 saturated heterocycles. The van der Waals surface area contributed by atoms with Gasteiger partial charge in [-0.3, -0.25) is 4.79 Å². The summed E-state index contributed by atoms with van der Waals surface area (Å²) in [6.07, 6.45) is 1.59. The molecule has 1 aliphatic heterocycles. The fourth-order valence-electron chi connectivity index (χ4n) is 2.49. The van der Waals surface area contributed by atoms with Gasteiger partial charge in [0.25, 0.3) is 0 Å². The lowest BCUT2D eigenvalue weighted by atomic mass is 9.92. The largest absolute Gasteiger partial charge is 0.490 e. The fraction of sp³-hybridized carbons (Fsp3) is 0.562. The van der Waals surface area contributed by atoms with Gasteiger partial charge in [0.2, 0.25) is 0 Å². The van der Waals surface area contributed by atoms with Crippen molar-refractivity contribution in [2.75, 3.05) is 19.8 Å². The third kappa shape index (κ3) is 3.33. The second-order valence-electron chi connectivity index (χ2n) is 5.16. The topological polar surface area (TPSA) is 44.8 Å². The average molecular weight is 313 g/mol. The Hall–Kier alpha value is -1.26. The van der Waals surface area contributed by atoms with E-state index in [2.05, 4.69) is 0 Å². The highest BCUT2D eigenvalue weighted by Gasteiger charge is 2.39. The summed E-state index contributed by atoms with van der Waals surface area (Å²) in [6, 6.07) is 3.30. The monoisotopic (exact) mass is 312 g/mol. The first kappa shape index (κ1) is 16.1. The molecule has 0 aromatic heterocycles. The number of carbonyl (C=O) groups is 1. The highest BCUT2D eigenvalue weighted by molar-refractivity contribution is 6.34. The van der Waals surface area contributed by atoms with Gasteiger partial charge in [0.15, 0.2) is 17.3 Å². The van der Waals surface area contributed by atoms with Crippen LogP contribution < -0.4 is 9.47 Å². The van der Waals surface area contributed by atoms with Crippen molar-refractivity contribution in [1.29, 1.82) is 0 Å². The number of rotatable bonds is 6. The molecular weight excluding hydrogens is 292 g/mol. The zero-order valence-electron chi connectivity index (χ0n) is 12.7. The van der Waals surface area contributed by atoms with Crippen LogP contribution in [-0.4, -0.2) is 31.2 Å². The van der Waals surface area contributed by atoms with E-state index in [-0.39, 0.29) is 5.78 Å².